The van der Waals surface area contributed by atoms with E-state index in [0.717, 1.165) is 37.5 Å². The van der Waals surface area contributed by atoms with Gasteiger partial charge in [0.1, 0.15) is 0 Å². The molecule has 1 aliphatic heterocycles. The van der Waals surface area contributed by atoms with Gasteiger partial charge in [0.2, 0.25) is 0 Å². The minimum atomic E-state index is -0.397. The first-order valence-electron chi connectivity index (χ1n) is 8.09. The zero-order valence-electron chi connectivity index (χ0n) is 13.4. The second-order valence-corrected chi connectivity index (χ2v) is 6.20. The smallest absolute Gasteiger partial charge is 0.269 e. The van der Waals surface area contributed by atoms with Crippen LogP contribution in [-0.4, -0.2) is 46.1 Å². The summed E-state index contributed by atoms with van der Waals surface area (Å²) in [5, 5.41) is 23.8. The van der Waals surface area contributed by atoms with Crippen molar-refractivity contribution in [2.45, 2.75) is 44.4 Å². The van der Waals surface area contributed by atoms with Gasteiger partial charge >= 0.3 is 0 Å². The fraction of sp³-hybridized carbons (Fsp3) is 0.562. The average molecular weight is 446 g/mol. The third kappa shape index (κ3) is 5.30. The van der Waals surface area contributed by atoms with Crippen LogP contribution in [0.4, 0.5) is 5.69 Å². The number of aliphatic hydroxyl groups is 1. The van der Waals surface area contributed by atoms with Crippen LogP contribution in [0.2, 0.25) is 0 Å². The van der Waals surface area contributed by atoms with E-state index < -0.39 is 4.92 Å². The second-order valence-electron chi connectivity index (χ2n) is 6.20. The number of halogens is 1. The lowest BCUT2D eigenvalue weighted by Gasteiger charge is -2.32. The van der Waals surface area contributed by atoms with Gasteiger partial charge in [-0.1, -0.05) is 12.1 Å². The van der Waals surface area contributed by atoms with Gasteiger partial charge in [0.25, 0.3) is 5.69 Å². The second kappa shape index (κ2) is 8.61. The largest absolute Gasteiger partial charge is 0.393 e. The van der Waals surface area contributed by atoms with E-state index >= 15 is 0 Å². The minimum absolute atomic E-state index is 0. The third-order valence-electron chi connectivity index (χ3n) is 4.23. The number of piperidine rings is 1. The summed E-state index contributed by atoms with van der Waals surface area (Å²) in [5.41, 5.74) is 1.04. The van der Waals surface area contributed by atoms with E-state index in [1.54, 1.807) is 12.1 Å². The molecule has 0 unspecified atom stereocenters. The molecule has 1 aromatic rings. The quantitative estimate of drug-likeness (QED) is 0.244. The highest BCUT2D eigenvalue weighted by Crippen LogP contribution is 2.20. The lowest BCUT2D eigenvalue weighted by Crippen LogP contribution is -2.47. The van der Waals surface area contributed by atoms with Crippen LogP contribution in [0.3, 0.4) is 0 Å². The van der Waals surface area contributed by atoms with Crippen LogP contribution in [0.25, 0.3) is 0 Å². The predicted octanol–water partition coefficient (Wildman–Crippen LogP) is 2.28. The lowest BCUT2D eigenvalue weighted by atomic mass is 10.1. The molecular formula is C16H23IN4O3. The molecule has 2 aliphatic rings. The highest BCUT2D eigenvalue weighted by Gasteiger charge is 2.26. The Morgan fingerprint density at radius 2 is 1.88 bits per heavy atom. The van der Waals surface area contributed by atoms with Gasteiger partial charge in [0.05, 0.1) is 17.6 Å². The van der Waals surface area contributed by atoms with Gasteiger partial charge in [-0.25, -0.2) is 4.99 Å². The van der Waals surface area contributed by atoms with Crippen LogP contribution in [-0.2, 0) is 6.54 Å². The summed E-state index contributed by atoms with van der Waals surface area (Å²) in [4.78, 5) is 17.2. The Kier molecular flexibility index (Phi) is 6.79. The lowest BCUT2D eigenvalue weighted by molar-refractivity contribution is -0.384. The Morgan fingerprint density at radius 1 is 1.25 bits per heavy atom. The van der Waals surface area contributed by atoms with Crippen molar-refractivity contribution >= 4 is 35.6 Å². The molecule has 1 heterocycles. The molecular weight excluding hydrogens is 423 g/mol. The Hall–Kier alpha value is -1.42. The standard InChI is InChI=1S/C16H22N4O3.HI/c21-15-7-9-19(10-8-15)16(18-13-3-4-13)17-11-12-1-5-14(6-2-12)20(22)23;/h1-2,5-6,13,15,21H,3-4,7-11H2,(H,17,18);1H. The van der Waals surface area contributed by atoms with Crippen LogP contribution in [0, 0.1) is 10.1 Å². The maximum absolute atomic E-state index is 10.7. The van der Waals surface area contributed by atoms with Crippen molar-refractivity contribution in [3.05, 3.63) is 39.9 Å². The fourth-order valence-corrected chi connectivity index (χ4v) is 2.61. The molecule has 0 atom stereocenters. The zero-order valence-corrected chi connectivity index (χ0v) is 15.8. The molecule has 2 N–H and O–H groups in total. The Labute approximate surface area is 158 Å². The minimum Gasteiger partial charge on any atom is -0.393 e. The Bertz CT molecular complexity index is 581. The molecule has 0 bridgehead atoms. The number of benzene rings is 1. The number of non-ortho nitro benzene ring substituents is 1. The Morgan fingerprint density at radius 3 is 2.42 bits per heavy atom. The number of rotatable bonds is 4. The third-order valence-corrected chi connectivity index (χ3v) is 4.23. The summed E-state index contributed by atoms with van der Waals surface area (Å²) in [6, 6.07) is 7.02. The molecule has 1 aromatic carbocycles. The van der Waals surface area contributed by atoms with Crippen molar-refractivity contribution < 1.29 is 10.0 Å². The maximum Gasteiger partial charge on any atom is 0.269 e. The van der Waals surface area contributed by atoms with Crippen molar-refractivity contribution in [3.63, 3.8) is 0 Å². The molecule has 8 heteroatoms. The van der Waals surface area contributed by atoms with Crippen LogP contribution in [0.1, 0.15) is 31.2 Å². The number of hydrogen-bond donors (Lipinski definition) is 2. The van der Waals surface area contributed by atoms with Gasteiger partial charge in [0.15, 0.2) is 5.96 Å². The molecule has 1 saturated heterocycles. The first-order chi connectivity index (χ1) is 11.1. The van der Waals surface area contributed by atoms with Gasteiger partial charge in [-0.2, -0.15) is 0 Å². The highest BCUT2D eigenvalue weighted by atomic mass is 127. The van der Waals surface area contributed by atoms with E-state index in [4.69, 9.17) is 0 Å². The van der Waals surface area contributed by atoms with Crippen molar-refractivity contribution in [2.24, 2.45) is 4.99 Å². The fourth-order valence-electron chi connectivity index (χ4n) is 2.61. The molecule has 132 valence electrons. The van der Waals surface area contributed by atoms with E-state index in [2.05, 4.69) is 15.2 Å². The molecule has 1 aliphatic carbocycles. The molecule has 0 aromatic heterocycles. The van der Waals surface area contributed by atoms with Crippen LogP contribution in [0.15, 0.2) is 29.3 Å². The number of nitro benzene ring substituents is 1. The van der Waals surface area contributed by atoms with Crippen molar-refractivity contribution in [1.29, 1.82) is 0 Å². The highest BCUT2D eigenvalue weighted by molar-refractivity contribution is 14.0. The number of hydrogen-bond acceptors (Lipinski definition) is 4. The molecule has 0 radical (unpaired) electrons. The van der Waals surface area contributed by atoms with E-state index in [0.29, 0.717) is 12.6 Å². The number of aliphatic imine (C=N–C) groups is 1. The first kappa shape index (κ1) is 18.9. The summed E-state index contributed by atoms with van der Waals surface area (Å²) in [7, 11) is 0. The zero-order chi connectivity index (χ0) is 16.2. The molecule has 2 fully saturated rings. The van der Waals surface area contributed by atoms with Gasteiger partial charge in [-0.05, 0) is 31.2 Å². The number of likely N-dealkylation sites (tertiary alicyclic amines) is 1. The van der Waals surface area contributed by atoms with Crippen molar-refractivity contribution in [3.8, 4) is 0 Å². The maximum atomic E-state index is 10.7. The normalized spacial score (nSPS) is 18.9. The van der Waals surface area contributed by atoms with E-state index in [9.17, 15) is 15.2 Å². The average Bonchev–Trinajstić information content (AvgIpc) is 3.37. The number of aliphatic hydroxyl groups excluding tert-OH is 1. The number of nitrogens with zero attached hydrogens (tertiary/aromatic N) is 3. The van der Waals surface area contributed by atoms with Crippen LogP contribution >= 0.6 is 24.0 Å². The van der Waals surface area contributed by atoms with Gasteiger partial charge in [-0.3, -0.25) is 10.1 Å². The number of nitrogens with one attached hydrogen (secondary N) is 1. The summed E-state index contributed by atoms with van der Waals surface area (Å²) in [6.07, 6.45) is 3.68. The monoisotopic (exact) mass is 446 g/mol. The molecule has 0 spiro atoms. The predicted molar refractivity (Wildman–Crippen MR) is 103 cm³/mol. The number of guanidine groups is 1. The van der Waals surface area contributed by atoms with E-state index in [-0.39, 0.29) is 35.8 Å². The summed E-state index contributed by atoms with van der Waals surface area (Å²) in [5.74, 6) is 0.887. The van der Waals surface area contributed by atoms with Crippen molar-refractivity contribution in [1.82, 2.24) is 10.2 Å². The Balaban J connectivity index is 0.00000208. The van der Waals surface area contributed by atoms with Crippen molar-refractivity contribution in [2.75, 3.05) is 13.1 Å². The van der Waals surface area contributed by atoms with E-state index in [1.165, 1.54) is 25.0 Å². The van der Waals surface area contributed by atoms with Crippen LogP contribution < -0.4 is 5.32 Å². The van der Waals surface area contributed by atoms with Gasteiger partial charge in [0, 0.05) is 31.3 Å². The van der Waals surface area contributed by atoms with E-state index in [1.807, 2.05) is 0 Å². The first-order valence-corrected chi connectivity index (χ1v) is 8.09. The summed E-state index contributed by atoms with van der Waals surface area (Å²) >= 11 is 0. The van der Waals surface area contributed by atoms with Gasteiger partial charge < -0.3 is 15.3 Å². The van der Waals surface area contributed by atoms with Crippen LogP contribution in [0.5, 0.6) is 0 Å². The molecule has 24 heavy (non-hydrogen) atoms. The molecule has 7 nitrogen and oxygen atoms in total. The van der Waals surface area contributed by atoms with Gasteiger partial charge in [-0.15, -0.1) is 24.0 Å². The molecule has 1 saturated carbocycles. The number of nitro groups is 1. The SMILES string of the molecule is I.O=[N+]([O-])c1ccc(CN=C(NC2CC2)N2CCC(O)CC2)cc1. The summed E-state index contributed by atoms with van der Waals surface area (Å²) < 4.78 is 0. The molecule has 0 amide bonds. The molecule has 3 rings (SSSR count). The topological polar surface area (TPSA) is 91.0 Å². The summed E-state index contributed by atoms with van der Waals surface area (Å²) in [6.45, 7) is 2.10.